The van der Waals surface area contributed by atoms with Crippen LogP contribution in [0.5, 0.6) is 0 Å². The smallest absolute Gasteiger partial charge is 0.235 e. The minimum Gasteiger partial charge on any atom is -0.455 e. The second kappa shape index (κ2) is 11.8. The summed E-state index contributed by atoms with van der Waals surface area (Å²) >= 11 is 0. The van der Waals surface area contributed by atoms with Crippen LogP contribution in [0.25, 0.3) is 61.0 Å². The lowest BCUT2D eigenvalue weighted by atomic mass is 10.1. The van der Waals surface area contributed by atoms with Crippen molar-refractivity contribution in [2.45, 2.75) is 0 Å². The van der Waals surface area contributed by atoms with Crippen LogP contribution in [0.3, 0.4) is 0 Å². The van der Waals surface area contributed by atoms with Crippen molar-refractivity contribution < 1.29 is 4.42 Å². The highest BCUT2D eigenvalue weighted by Gasteiger charge is 2.41. The molecule has 0 aliphatic carbocycles. The molecule has 240 valence electrons. The summed E-state index contributed by atoms with van der Waals surface area (Å²) in [6, 6.07) is 65.1. The van der Waals surface area contributed by atoms with Gasteiger partial charge in [0.15, 0.2) is 8.07 Å². The van der Waals surface area contributed by atoms with Crippen molar-refractivity contribution in [2.24, 2.45) is 0 Å². The van der Waals surface area contributed by atoms with Crippen LogP contribution >= 0.6 is 0 Å². The number of furan rings is 1. The van der Waals surface area contributed by atoms with Gasteiger partial charge in [0.2, 0.25) is 5.95 Å². The Morgan fingerprint density at radius 2 is 1.08 bits per heavy atom. The maximum absolute atomic E-state index is 6.52. The second-order valence-corrected chi connectivity index (χ2v) is 16.8. The van der Waals surface area contributed by atoms with E-state index in [1.165, 1.54) is 20.7 Å². The molecule has 4 nitrogen and oxygen atoms in total. The Hall–Kier alpha value is -6.56. The monoisotopic (exact) mass is 669 g/mol. The molecule has 0 aliphatic rings. The van der Waals surface area contributed by atoms with Crippen molar-refractivity contribution >= 4 is 72.6 Å². The Balaban J connectivity index is 1.18. The molecule has 0 unspecified atom stereocenters. The molecular formula is C46H31N3OSi. The highest BCUT2D eigenvalue weighted by molar-refractivity contribution is 7.19. The van der Waals surface area contributed by atoms with Crippen LogP contribution < -0.4 is 20.7 Å². The zero-order valence-electron chi connectivity index (χ0n) is 27.6. The molecule has 0 fully saturated rings. The predicted molar refractivity (Wildman–Crippen MR) is 213 cm³/mol. The normalized spacial score (nSPS) is 11.9. The van der Waals surface area contributed by atoms with Crippen molar-refractivity contribution in [1.82, 2.24) is 14.5 Å². The number of fused-ring (bicyclic) bond motifs is 7. The van der Waals surface area contributed by atoms with Crippen LogP contribution in [0.4, 0.5) is 0 Å². The van der Waals surface area contributed by atoms with E-state index in [0.717, 1.165) is 55.0 Å². The van der Waals surface area contributed by atoms with Gasteiger partial charge in [-0.05, 0) is 51.1 Å². The first-order chi connectivity index (χ1) is 25.3. The predicted octanol–water partition coefficient (Wildman–Crippen LogP) is 8.52. The van der Waals surface area contributed by atoms with Crippen LogP contribution in [-0.2, 0) is 0 Å². The number of hydrogen-bond acceptors (Lipinski definition) is 3. The highest BCUT2D eigenvalue weighted by Crippen LogP contribution is 2.40. The minimum absolute atomic E-state index is 0.622. The molecule has 5 heteroatoms. The molecule has 10 aromatic rings. The fourth-order valence-electron chi connectivity index (χ4n) is 8.04. The quantitative estimate of drug-likeness (QED) is 0.132. The lowest BCUT2D eigenvalue weighted by molar-refractivity contribution is 0.673. The molecule has 0 atom stereocenters. The maximum Gasteiger partial charge on any atom is 0.235 e. The molecular weight excluding hydrogens is 639 g/mol. The summed E-state index contributed by atoms with van der Waals surface area (Å²) in [6.45, 7) is 0. The van der Waals surface area contributed by atoms with Crippen LogP contribution in [0.2, 0.25) is 0 Å². The molecule has 3 aromatic heterocycles. The SMILES string of the molecule is c1ccc([Si](c2ccccc2)(c2ccccc2)c2cccc(-c3ccnc(-n4c5ccccc5c5c6oc7ccccc7c6ccc54)n3)c2)cc1. The van der Waals surface area contributed by atoms with E-state index >= 15 is 0 Å². The lowest BCUT2D eigenvalue weighted by Gasteiger charge is -2.34. The van der Waals surface area contributed by atoms with Gasteiger partial charge in [0, 0.05) is 27.9 Å². The average molecular weight is 670 g/mol. The van der Waals surface area contributed by atoms with Gasteiger partial charge >= 0.3 is 0 Å². The molecule has 0 N–H and O–H groups in total. The van der Waals surface area contributed by atoms with Crippen molar-refractivity contribution in [3.63, 3.8) is 0 Å². The van der Waals surface area contributed by atoms with E-state index in [-0.39, 0.29) is 0 Å². The summed E-state index contributed by atoms with van der Waals surface area (Å²) in [5, 5.41) is 9.71. The van der Waals surface area contributed by atoms with E-state index in [4.69, 9.17) is 14.4 Å². The van der Waals surface area contributed by atoms with E-state index in [1.807, 2.05) is 24.4 Å². The van der Waals surface area contributed by atoms with Crippen molar-refractivity contribution in [3.05, 3.63) is 188 Å². The number of rotatable bonds is 6. The molecule has 10 rings (SSSR count). The second-order valence-electron chi connectivity index (χ2n) is 13.0. The van der Waals surface area contributed by atoms with Crippen molar-refractivity contribution in [1.29, 1.82) is 0 Å². The third kappa shape index (κ3) is 4.52. The Morgan fingerprint density at radius 1 is 0.471 bits per heavy atom. The summed E-state index contributed by atoms with van der Waals surface area (Å²) in [4.78, 5) is 10.2. The number of hydrogen-bond donors (Lipinski definition) is 0. The van der Waals surface area contributed by atoms with Crippen LogP contribution in [0, 0.1) is 0 Å². The number of para-hydroxylation sites is 2. The third-order valence-electron chi connectivity index (χ3n) is 10.2. The van der Waals surface area contributed by atoms with Gasteiger partial charge in [0.05, 0.1) is 22.1 Å². The topological polar surface area (TPSA) is 43.9 Å². The van der Waals surface area contributed by atoms with E-state index in [2.05, 4.69) is 168 Å². The van der Waals surface area contributed by atoms with E-state index in [0.29, 0.717) is 5.95 Å². The van der Waals surface area contributed by atoms with E-state index in [1.54, 1.807) is 0 Å². The van der Waals surface area contributed by atoms with Crippen LogP contribution in [0.15, 0.2) is 193 Å². The number of nitrogens with zero attached hydrogens (tertiary/aromatic N) is 3. The zero-order valence-corrected chi connectivity index (χ0v) is 28.6. The fourth-order valence-corrected chi connectivity index (χ4v) is 12.8. The van der Waals surface area contributed by atoms with Gasteiger partial charge in [-0.1, -0.05) is 152 Å². The van der Waals surface area contributed by atoms with Crippen LogP contribution in [0.1, 0.15) is 0 Å². The van der Waals surface area contributed by atoms with Gasteiger partial charge in [-0.3, -0.25) is 4.57 Å². The van der Waals surface area contributed by atoms with Gasteiger partial charge < -0.3 is 4.42 Å². The van der Waals surface area contributed by atoms with Gasteiger partial charge in [-0.25, -0.2) is 9.97 Å². The molecule has 0 spiro atoms. The maximum atomic E-state index is 6.52. The van der Waals surface area contributed by atoms with Crippen LogP contribution in [-0.4, -0.2) is 22.6 Å². The van der Waals surface area contributed by atoms with Gasteiger partial charge in [0.25, 0.3) is 0 Å². The molecule has 0 radical (unpaired) electrons. The molecule has 0 aliphatic heterocycles. The first-order valence-electron chi connectivity index (χ1n) is 17.2. The molecule has 0 bridgehead atoms. The van der Waals surface area contributed by atoms with E-state index < -0.39 is 8.07 Å². The third-order valence-corrected chi connectivity index (χ3v) is 15.0. The molecule has 51 heavy (non-hydrogen) atoms. The summed E-state index contributed by atoms with van der Waals surface area (Å²) in [7, 11) is -2.70. The summed E-state index contributed by atoms with van der Waals surface area (Å²) in [6.07, 6.45) is 1.88. The fraction of sp³-hybridized carbons (Fsp3) is 0. The molecule has 3 heterocycles. The van der Waals surface area contributed by atoms with Gasteiger partial charge in [-0.2, -0.15) is 0 Å². The molecule has 0 saturated carbocycles. The van der Waals surface area contributed by atoms with Crippen molar-refractivity contribution in [3.8, 4) is 17.2 Å². The zero-order chi connectivity index (χ0) is 33.8. The Morgan fingerprint density at radius 3 is 1.78 bits per heavy atom. The molecule has 7 aromatic carbocycles. The number of benzene rings is 7. The molecule has 0 saturated heterocycles. The van der Waals surface area contributed by atoms with Gasteiger partial charge in [0.1, 0.15) is 11.2 Å². The first-order valence-corrected chi connectivity index (χ1v) is 19.2. The lowest BCUT2D eigenvalue weighted by Crippen LogP contribution is -2.74. The summed E-state index contributed by atoms with van der Waals surface area (Å²) in [5.74, 6) is 0.622. The summed E-state index contributed by atoms with van der Waals surface area (Å²) < 4.78 is 8.69. The van der Waals surface area contributed by atoms with E-state index in [9.17, 15) is 0 Å². The van der Waals surface area contributed by atoms with Gasteiger partial charge in [-0.15, -0.1) is 0 Å². The highest BCUT2D eigenvalue weighted by atomic mass is 28.3. The largest absolute Gasteiger partial charge is 0.455 e. The summed E-state index contributed by atoms with van der Waals surface area (Å²) in [5.41, 5.74) is 5.74. The molecule has 0 amide bonds. The Bertz CT molecular complexity index is 2760. The van der Waals surface area contributed by atoms with Crippen molar-refractivity contribution in [2.75, 3.05) is 0 Å². The Kier molecular flexibility index (Phi) is 6.79. The average Bonchev–Trinajstić information content (AvgIpc) is 3.76. The number of aromatic nitrogens is 3. The minimum atomic E-state index is -2.70. The first kappa shape index (κ1) is 29.4. The Labute approximate surface area is 295 Å². The standard InChI is InChI=1S/C46H31N3OSi/c1-4-16-33(17-5-1)51(34-18-6-2-7-19-34,35-20-8-3-9-21-35)36-22-14-15-32(31-36)40-29-30-47-46(48-40)49-41-25-12-10-24-39(41)44-42(49)28-27-38-37-23-11-13-26-43(37)50-45(38)44/h1-31H.